The maximum atomic E-state index is 12.9. The lowest BCUT2D eigenvalue weighted by Gasteiger charge is -2.08. The van der Waals surface area contributed by atoms with Crippen LogP contribution in [0.25, 0.3) is 28.0 Å². The molecule has 2 heterocycles. The number of benzene rings is 2. The molecule has 0 atom stereocenters. The average molecular weight is 340 g/mol. The summed E-state index contributed by atoms with van der Waals surface area (Å²) in [7, 11) is 0. The molecule has 0 unspecified atom stereocenters. The molecule has 0 bridgehead atoms. The van der Waals surface area contributed by atoms with Crippen molar-refractivity contribution >= 4 is 5.65 Å². The molecule has 4 rings (SSSR count). The van der Waals surface area contributed by atoms with Gasteiger partial charge in [0.05, 0.1) is 23.0 Å². The number of aryl methyl sites for hydroxylation is 1. The molecule has 126 valence electrons. The van der Waals surface area contributed by atoms with Crippen molar-refractivity contribution in [3.63, 3.8) is 0 Å². The van der Waals surface area contributed by atoms with Crippen LogP contribution >= 0.6 is 0 Å². The van der Waals surface area contributed by atoms with E-state index in [4.69, 9.17) is 5.26 Å². The van der Waals surface area contributed by atoms with E-state index in [-0.39, 0.29) is 5.56 Å². The Morgan fingerprint density at radius 1 is 1.00 bits per heavy atom. The number of aromatic amines is 1. The van der Waals surface area contributed by atoms with Crippen molar-refractivity contribution in [1.82, 2.24) is 14.6 Å². The molecule has 0 fully saturated rings. The highest BCUT2D eigenvalue weighted by Crippen LogP contribution is 2.28. The fourth-order valence-corrected chi connectivity index (χ4v) is 3.22. The van der Waals surface area contributed by atoms with Gasteiger partial charge < -0.3 is 4.98 Å². The van der Waals surface area contributed by atoms with Gasteiger partial charge >= 0.3 is 0 Å². The first-order valence-electron chi connectivity index (χ1n) is 8.28. The number of hydrogen-bond donors (Lipinski definition) is 1. The largest absolute Gasteiger partial charge is 0.339 e. The quantitative estimate of drug-likeness (QED) is 0.602. The van der Waals surface area contributed by atoms with Gasteiger partial charge in [0.25, 0.3) is 5.56 Å². The standard InChI is InChI=1S/C21H16N4O/c1-13-19(17-10-8-15(12-22)9-11-17)23-20-18(16-6-4-3-5-7-16)14(2)24-25(20)21(13)26/h3-11,23H,1-2H3. The first-order chi connectivity index (χ1) is 12.6. The third-order valence-corrected chi connectivity index (χ3v) is 4.56. The Labute approximate surface area is 150 Å². The average Bonchev–Trinajstić information content (AvgIpc) is 3.01. The number of fused-ring (bicyclic) bond motifs is 1. The molecule has 0 saturated carbocycles. The minimum atomic E-state index is -0.150. The molecule has 0 aliphatic rings. The highest BCUT2D eigenvalue weighted by molar-refractivity contribution is 5.81. The van der Waals surface area contributed by atoms with Crippen molar-refractivity contribution < 1.29 is 0 Å². The number of rotatable bonds is 2. The summed E-state index contributed by atoms with van der Waals surface area (Å²) in [5, 5.41) is 13.4. The number of aromatic nitrogens is 3. The van der Waals surface area contributed by atoms with E-state index in [1.165, 1.54) is 4.52 Å². The molecule has 0 aliphatic carbocycles. The first-order valence-corrected chi connectivity index (χ1v) is 8.28. The molecular formula is C21H16N4O. The predicted molar refractivity (Wildman–Crippen MR) is 101 cm³/mol. The lowest BCUT2D eigenvalue weighted by atomic mass is 10.0. The van der Waals surface area contributed by atoms with Crippen LogP contribution < -0.4 is 5.56 Å². The topological polar surface area (TPSA) is 74.0 Å². The lowest BCUT2D eigenvalue weighted by Crippen LogP contribution is -2.19. The summed E-state index contributed by atoms with van der Waals surface area (Å²) >= 11 is 0. The molecule has 4 aromatic rings. The lowest BCUT2D eigenvalue weighted by molar-refractivity contribution is 0.871. The summed E-state index contributed by atoms with van der Waals surface area (Å²) in [5.41, 5.74) is 6.00. The van der Waals surface area contributed by atoms with Crippen LogP contribution in [-0.2, 0) is 0 Å². The van der Waals surface area contributed by atoms with Crippen molar-refractivity contribution in [2.45, 2.75) is 13.8 Å². The second kappa shape index (κ2) is 6.01. The molecule has 0 amide bonds. The Balaban J connectivity index is 2.02. The third kappa shape index (κ3) is 2.40. The number of nitrogens with zero attached hydrogens (tertiary/aromatic N) is 3. The van der Waals surface area contributed by atoms with Gasteiger partial charge in [-0.15, -0.1) is 0 Å². The van der Waals surface area contributed by atoms with Crippen LogP contribution in [0.3, 0.4) is 0 Å². The second-order valence-corrected chi connectivity index (χ2v) is 6.21. The van der Waals surface area contributed by atoms with Crippen LogP contribution in [-0.4, -0.2) is 14.6 Å². The summed E-state index contributed by atoms with van der Waals surface area (Å²) in [6.45, 7) is 3.68. The molecule has 5 heteroatoms. The SMILES string of the molecule is Cc1nn2c(=O)c(C)c(-c3ccc(C#N)cc3)[nH]c2c1-c1ccccc1. The molecule has 1 N–H and O–H groups in total. The van der Waals surface area contributed by atoms with Crippen molar-refractivity contribution in [3.8, 4) is 28.5 Å². The zero-order valence-electron chi connectivity index (χ0n) is 14.4. The summed E-state index contributed by atoms with van der Waals surface area (Å²) in [5.74, 6) is 0. The molecule has 5 nitrogen and oxygen atoms in total. The van der Waals surface area contributed by atoms with Crippen molar-refractivity contribution in [2.24, 2.45) is 0 Å². The van der Waals surface area contributed by atoms with Gasteiger partial charge in [0.15, 0.2) is 0 Å². The zero-order chi connectivity index (χ0) is 18.3. The number of H-pyrrole nitrogens is 1. The predicted octanol–water partition coefficient (Wildman–Crippen LogP) is 3.85. The Kier molecular flexibility index (Phi) is 3.67. The maximum absolute atomic E-state index is 12.9. The smallest absolute Gasteiger partial charge is 0.277 e. The summed E-state index contributed by atoms with van der Waals surface area (Å²) < 4.78 is 1.43. The van der Waals surface area contributed by atoms with Gasteiger partial charge in [0.2, 0.25) is 0 Å². The minimum absolute atomic E-state index is 0.150. The summed E-state index contributed by atoms with van der Waals surface area (Å²) in [4.78, 5) is 16.3. The molecule has 2 aromatic carbocycles. The summed E-state index contributed by atoms with van der Waals surface area (Å²) in [6, 6.07) is 19.2. The Hall–Kier alpha value is -3.65. The highest BCUT2D eigenvalue weighted by atomic mass is 16.1. The Bertz CT molecular complexity index is 1210. The molecule has 26 heavy (non-hydrogen) atoms. The molecular weight excluding hydrogens is 324 g/mol. The van der Waals surface area contributed by atoms with Crippen LogP contribution in [0.2, 0.25) is 0 Å². The van der Waals surface area contributed by atoms with Crippen LogP contribution in [0.1, 0.15) is 16.8 Å². The van der Waals surface area contributed by atoms with Gasteiger partial charge in [-0.1, -0.05) is 42.5 Å². The van der Waals surface area contributed by atoms with E-state index in [2.05, 4.69) is 16.2 Å². The maximum Gasteiger partial charge on any atom is 0.277 e. The third-order valence-electron chi connectivity index (χ3n) is 4.56. The number of hydrogen-bond acceptors (Lipinski definition) is 3. The van der Waals surface area contributed by atoms with Gasteiger partial charge in [-0.2, -0.15) is 14.9 Å². The van der Waals surface area contributed by atoms with E-state index in [9.17, 15) is 4.79 Å². The van der Waals surface area contributed by atoms with E-state index >= 15 is 0 Å². The van der Waals surface area contributed by atoms with Crippen LogP contribution in [0.4, 0.5) is 0 Å². The first kappa shape index (κ1) is 15.9. The van der Waals surface area contributed by atoms with Crippen molar-refractivity contribution in [3.05, 3.63) is 81.8 Å². The van der Waals surface area contributed by atoms with Crippen LogP contribution in [0.15, 0.2) is 59.4 Å². The van der Waals surface area contributed by atoms with E-state index in [1.807, 2.05) is 49.4 Å². The van der Waals surface area contributed by atoms with Gasteiger partial charge in [-0.05, 0) is 37.1 Å². The van der Waals surface area contributed by atoms with Gasteiger partial charge in [-0.3, -0.25) is 4.79 Å². The van der Waals surface area contributed by atoms with E-state index in [1.54, 1.807) is 19.1 Å². The second-order valence-electron chi connectivity index (χ2n) is 6.21. The number of nitriles is 1. The molecule has 0 aliphatic heterocycles. The molecule has 0 radical (unpaired) electrons. The number of nitrogens with one attached hydrogen (secondary N) is 1. The van der Waals surface area contributed by atoms with E-state index in [0.29, 0.717) is 16.8 Å². The fourth-order valence-electron chi connectivity index (χ4n) is 3.22. The van der Waals surface area contributed by atoms with Gasteiger partial charge in [0, 0.05) is 11.1 Å². The molecule has 0 saturated heterocycles. The minimum Gasteiger partial charge on any atom is -0.339 e. The monoisotopic (exact) mass is 340 g/mol. The van der Waals surface area contributed by atoms with Gasteiger partial charge in [0.1, 0.15) is 5.65 Å². The van der Waals surface area contributed by atoms with Crippen molar-refractivity contribution in [2.75, 3.05) is 0 Å². The highest BCUT2D eigenvalue weighted by Gasteiger charge is 2.17. The zero-order valence-corrected chi connectivity index (χ0v) is 14.4. The van der Waals surface area contributed by atoms with E-state index < -0.39 is 0 Å². The van der Waals surface area contributed by atoms with Crippen molar-refractivity contribution in [1.29, 1.82) is 5.26 Å². The van der Waals surface area contributed by atoms with Crippen LogP contribution in [0, 0.1) is 25.2 Å². The Morgan fingerprint density at radius 3 is 2.35 bits per heavy atom. The van der Waals surface area contributed by atoms with Gasteiger partial charge in [-0.25, -0.2) is 0 Å². The fraction of sp³-hybridized carbons (Fsp3) is 0.0952. The summed E-state index contributed by atoms with van der Waals surface area (Å²) in [6.07, 6.45) is 0. The normalized spacial score (nSPS) is 10.8. The van der Waals surface area contributed by atoms with E-state index in [0.717, 1.165) is 28.1 Å². The molecule has 0 spiro atoms. The molecule has 2 aromatic heterocycles. The Morgan fingerprint density at radius 2 is 1.69 bits per heavy atom. The van der Waals surface area contributed by atoms with Crippen LogP contribution in [0.5, 0.6) is 0 Å².